The minimum atomic E-state index is -2.17. The van der Waals surface area contributed by atoms with Gasteiger partial charge in [0.15, 0.2) is 11.6 Å². The van der Waals surface area contributed by atoms with Gasteiger partial charge in [-0.2, -0.15) is 0 Å². The molecule has 280 valence electrons. The van der Waals surface area contributed by atoms with Crippen LogP contribution < -0.4 is 15.4 Å². The van der Waals surface area contributed by atoms with E-state index in [0.29, 0.717) is 37.3 Å². The van der Waals surface area contributed by atoms with Crippen LogP contribution in [0.5, 0.6) is 5.75 Å². The highest BCUT2D eigenvalue weighted by atomic mass is 33.1. The van der Waals surface area contributed by atoms with Crippen LogP contribution in [-0.2, 0) is 17.8 Å². The zero-order valence-corrected chi connectivity index (χ0v) is 30.4. The minimum absolute atomic E-state index is 0.0376. The van der Waals surface area contributed by atoms with Gasteiger partial charge in [-0.15, -0.1) is 0 Å². The molecule has 3 aliphatic carbocycles. The summed E-state index contributed by atoms with van der Waals surface area (Å²) in [4.78, 5) is 29.6. The van der Waals surface area contributed by atoms with Crippen LogP contribution in [0.4, 0.5) is 0 Å². The van der Waals surface area contributed by atoms with E-state index in [4.69, 9.17) is 9.47 Å². The molecule has 12 nitrogen and oxygen atoms in total. The van der Waals surface area contributed by atoms with Crippen LogP contribution >= 0.6 is 21.6 Å². The second-order valence-electron chi connectivity index (χ2n) is 14.7. The van der Waals surface area contributed by atoms with Crippen molar-refractivity contribution in [1.29, 1.82) is 0 Å². The van der Waals surface area contributed by atoms with E-state index >= 15 is 4.79 Å². The van der Waals surface area contributed by atoms with Crippen molar-refractivity contribution >= 4 is 33.2 Å². The number of dihydropyridines is 1. The smallest absolute Gasteiger partial charge is 0.229 e. The number of aliphatic hydroxyl groups is 6. The number of ether oxygens (including phenoxy) is 2. The first-order chi connectivity index (χ1) is 25.5. The van der Waals surface area contributed by atoms with E-state index in [1.54, 1.807) is 24.3 Å². The maximum atomic E-state index is 15.0. The number of benzene rings is 2. The normalized spacial score (nSPS) is 35.2. The fourth-order valence-electron chi connectivity index (χ4n) is 8.86. The summed E-state index contributed by atoms with van der Waals surface area (Å²) in [5.74, 6) is -1.82. The van der Waals surface area contributed by atoms with Gasteiger partial charge >= 0.3 is 0 Å². The number of hydrogen-bond donors (Lipinski definition) is 8. The van der Waals surface area contributed by atoms with E-state index in [1.165, 1.54) is 33.7 Å². The molecule has 6 aliphatic rings. The topological polar surface area (TPSA) is 198 Å². The number of fused-ring (bicyclic) bond motifs is 3. The van der Waals surface area contributed by atoms with E-state index in [-0.39, 0.29) is 41.4 Å². The molecular formula is C39H42N2O10S2. The Bertz CT molecular complexity index is 1960. The number of ketones is 2. The number of aliphatic hydroxyl groups excluding tert-OH is 5. The van der Waals surface area contributed by atoms with Crippen LogP contribution in [0.15, 0.2) is 89.5 Å². The van der Waals surface area contributed by atoms with Gasteiger partial charge in [0.25, 0.3) is 0 Å². The number of allylic oxidation sites excluding steroid dienone is 6. The predicted molar refractivity (Wildman–Crippen MR) is 198 cm³/mol. The molecule has 53 heavy (non-hydrogen) atoms. The molecule has 0 aromatic heterocycles. The fourth-order valence-corrected chi connectivity index (χ4v) is 11.1. The van der Waals surface area contributed by atoms with Gasteiger partial charge in [0, 0.05) is 17.9 Å². The highest BCUT2D eigenvalue weighted by Crippen LogP contribution is 2.55. The molecule has 3 aliphatic heterocycles. The number of carbonyl (C=O) groups is 2. The van der Waals surface area contributed by atoms with Crippen molar-refractivity contribution in [3.05, 3.63) is 112 Å². The quantitative estimate of drug-likeness (QED) is 0.212. The van der Waals surface area contributed by atoms with Gasteiger partial charge in [-0.1, -0.05) is 70.1 Å². The molecule has 0 amide bonds. The van der Waals surface area contributed by atoms with E-state index in [1.807, 2.05) is 30.4 Å². The van der Waals surface area contributed by atoms with Crippen LogP contribution in [0.2, 0.25) is 0 Å². The van der Waals surface area contributed by atoms with Crippen molar-refractivity contribution in [3.8, 4) is 5.75 Å². The van der Waals surface area contributed by atoms with E-state index in [9.17, 15) is 35.4 Å². The van der Waals surface area contributed by atoms with Crippen LogP contribution in [0, 0.1) is 17.3 Å². The number of carbonyl (C=O) groups excluding carboxylic acids is 2. The zero-order valence-electron chi connectivity index (χ0n) is 28.7. The van der Waals surface area contributed by atoms with E-state index < -0.39 is 65.1 Å². The largest absolute Gasteiger partial charge is 0.511 e. The molecule has 8 N–H and O–H groups in total. The Labute approximate surface area is 314 Å². The summed E-state index contributed by atoms with van der Waals surface area (Å²) in [6, 6.07) is 11.9. The lowest BCUT2D eigenvalue weighted by Crippen LogP contribution is -2.77. The first-order valence-corrected chi connectivity index (χ1v) is 20.2. The Kier molecular flexibility index (Phi) is 9.55. The zero-order chi connectivity index (χ0) is 37.1. The third-order valence-electron chi connectivity index (χ3n) is 11.7. The summed E-state index contributed by atoms with van der Waals surface area (Å²) >= 11 is 0. The molecule has 2 aromatic carbocycles. The van der Waals surface area contributed by atoms with Crippen molar-refractivity contribution in [2.24, 2.45) is 17.3 Å². The Morgan fingerprint density at radius 2 is 1.81 bits per heavy atom. The molecule has 8 rings (SSSR count). The number of hydrogen-bond acceptors (Lipinski definition) is 14. The average molecular weight is 763 g/mol. The molecule has 0 radical (unpaired) electrons. The van der Waals surface area contributed by atoms with Crippen molar-refractivity contribution in [2.75, 3.05) is 24.8 Å². The number of Topliss-reactive ketones (excluding diaryl/α,β-unsaturated/α-hetero) is 2. The van der Waals surface area contributed by atoms with Crippen LogP contribution in [0.1, 0.15) is 51.1 Å². The van der Waals surface area contributed by atoms with E-state index in [0.717, 1.165) is 22.5 Å². The van der Waals surface area contributed by atoms with Gasteiger partial charge in [-0.3, -0.25) is 9.59 Å². The summed E-state index contributed by atoms with van der Waals surface area (Å²) in [5, 5.41) is 74.5. The Hall–Kier alpha value is -3.60. The van der Waals surface area contributed by atoms with Crippen molar-refractivity contribution in [2.45, 2.75) is 62.0 Å². The number of nitrogens with one attached hydrogen (secondary N) is 2. The molecule has 2 aromatic rings. The SMILES string of the molecule is O=C1c2cccc3c2C(=O)[C@]2(CSSCNC4=CC(=CCN4)C[C@H]4CC[C@]5(CO)O[C@@H](O3)[C@H](O)[C@@]4(O)[C@@H]5O)C(O)=CC(Cc3cccc(CO)c3)=C[C@H]12. The molecule has 1 saturated heterocycles. The van der Waals surface area contributed by atoms with Crippen LogP contribution in [0.25, 0.3) is 0 Å². The molecule has 2 fully saturated rings. The minimum Gasteiger partial charge on any atom is -0.511 e. The monoisotopic (exact) mass is 762 g/mol. The third-order valence-corrected chi connectivity index (χ3v) is 13.9. The highest BCUT2D eigenvalue weighted by molar-refractivity contribution is 8.76. The molecule has 14 heteroatoms. The summed E-state index contributed by atoms with van der Waals surface area (Å²) in [5.41, 5.74) is -2.43. The second-order valence-corrected chi connectivity index (χ2v) is 17.1. The maximum absolute atomic E-state index is 15.0. The molecule has 8 atom stereocenters. The highest BCUT2D eigenvalue weighted by Gasteiger charge is 2.68. The van der Waals surface area contributed by atoms with Crippen LogP contribution in [-0.4, -0.2) is 96.7 Å². The summed E-state index contributed by atoms with van der Waals surface area (Å²) in [6.45, 7) is -0.291. The maximum Gasteiger partial charge on any atom is 0.229 e. The number of rotatable bonds is 4. The molecular weight excluding hydrogens is 721 g/mol. The predicted octanol–water partition coefficient (Wildman–Crippen LogP) is 2.82. The van der Waals surface area contributed by atoms with Gasteiger partial charge in [-0.05, 0) is 72.1 Å². The van der Waals surface area contributed by atoms with Gasteiger partial charge in [-0.25, -0.2) is 0 Å². The lowest BCUT2D eigenvalue weighted by atomic mass is 9.60. The lowest BCUT2D eigenvalue weighted by Gasteiger charge is -2.59. The van der Waals surface area contributed by atoms with Crippen LogP contribution in [0.3, 0.4) is 0 Å². The van der Waals surface area contributed by atoms with Gasteiger partial charge in [0.1, 0.15) is 40.3 Å². The average Bonchev–Trinajstić information content (AvgIpc) is 3.16. The van der Waals surface area contributed by atoms with Crippen molar-refractivity contribution in [1.82, 2.24) is 10.6 Å². The summed E-state index contributed by atoms with van der Waals surface area (Å²) in [7, 11) is 2.78. The Balaban J connectivity index is 1.23. The standard InChI is InChI=1S/C39H42N2O10S2/c42-17-23-4-1-3-21(11-23)12-24-14-27-32(45)26-5-2-6-28-31(26)33(46)38(27,29(44)15-24)19-52-53-20-41-30-16-22(8-10-40-30)13-25-7-9-37(18-43)36(48)39(25,49)34(47)35(50-28)51-37/h1-6,8,11,14-16,25,27,34-36,40-44,47-49H,7,9-10,12-13,17-20H2/t25-,27-,34+,35-,36-,37-,38+,39-/m1/s1. The molecule has 1 saturated carbocycles. The lowest BCUT2D eigenvalue weighted by molar-refractivity contribution is -0.376. The summed E-state index contributed by atoms with van der Waals surface area (Å²) in [6.07, 6.45) is 3.22. The van der Waals surface area contributed by atoms with E-state index in [2.05, 4.69) is 10.6 Å². The second kappa shape index (κ2) is 13.9. The fraction of sp³-hybridized carbons (Fsp3) is 0.436. The van der Waals surface area contributed by atoms with Gasteiger partial charge in [0.05, 0.1) is 36.4 Å². The molecule has 7 bridgehead atoms. The van der Waals surface area contributed by atoms with Crippen molar-refractivity contribution in [3.63, 3.8) is 0 Å². The Morgan fingerprint density at radius 3 is 2.62 bits per heavy atom. The first-order valence-electron chi connectivity index (χ1n) is 17.7. The first kappa shape index (κ1) is 36.4. The summed E-state index contributed by atoms with van der Waals surface area (Å²) < 4.78 is 12.4. The molecule has 3 heterocycles. The van der Waals surface area contributed by atoms with Gasteiger partial charge < -0.3 is 50.7 Å². The molecule has 0 unspecified atom stereocenters. The van der Waals surface area contributed by atoms with Crippen molar-refractivity contribution < 1.29 is 49.7 Å². The Morgan fingerprint density at radius 1 is 1.00 bits per heavy atom. The molecule has 1 spiro atoms. The third kappa shape index (κ3) is 5.86. The van der Waals surface area contributed by atoms with Gasteiger partial charge in [0.2, 0.25) is 6.29 Å².